The van der Waals surface area contributed by atoms with Gasteiger partial charge in [-0.3, -0.25) is 4.79 Å². The van der Waals surface area contributed by atoms with Crippen LogP contribution in [0, 0.1) is 0 Å². The standard InChI is InChI=1S/C25H42O4.H2O/c1-20(2)10-6-11-21(3)12-7-13-22(4)14-8-15-23(5)16-9-17-25(28)29-19-24(27)18-26;/h10,12,14,16,24,26-27H,6-9,11,13,15,17-19H2,1-5H3;1H2. The number of hydrogen-bond acceptors (Lipinski definition) is 4. The van der Waals surface area contributed by atoms with E-state index in [1.54, 1.807) is 0 Å². The maximum atomic E-state index is 11.5. The van der Waals surface area contributed by atoms with Gasteiger partial charge in [0.25, 0.3) is 0 Å². The number of aliphatic hydroxyl groups is 2. The zero-order valence-corrected chi connectivity index (χ0v) is 19.7. The highest BCUT2D eigenvalue weighted by molar-refractivity contribution is 5.69. The van der Waals surface area contributed by atoms with Crippen molar-refractivity contribution in [3.8, 4) is 0 Å². The first-order valence-corrected chi connectivity index (χ1v) is 10.8. The minimum Gasteiger partial charge on any atom is -0.463 e. The fourth-order valence-electron chi connectivity index (χ4n) is 2.74. The summed E-state index contributed by atoms with van der Waals surface area (Å²) in [5.74, 6) is -0.346. The first-order valence-electron chi connectivity index (χ1n) is 10.8. The zero-order valence-electron chi connectivity index (χ0n) is 19.7. The van der Waals surface area contributed by atoms with Gasteiger partial charge in [0.1, 0.15) is 12.7 Å². The highest BCUT2D eigenvalue weighted by atomic mass is 16.5. The van der Waals surface area contributed by atoms with Crippen LogP contribution in [0.25, 0.3) is 0 Å². The minimum absolute atomic E-state index is 0. The lowest BCUT2D eigenvalue weighted by molar-refractivity contribution is -0.147. The molecule has 0 aliphatic heterocycles. The van der Waals surface area contributed by atoms with E-state index in [1.165, 1.54) is 22.3 Å². The van der Waals surface area contributed by atoms with Gasteiger partial charge in [-0.25, -0.2) is 0 Å². The number of rotatable bonds is 15. The summed E-state index contributed by atoms with van der Waals surface area (Å²) in [6.45, 7) is 10.2. The summed E-state index contributed by atoms with van der Waals surface area (Å²) < 4.78 is 4.88. The summed E-state index contributed by atoms with van der Waals surface area (Å²) in [6, 6.07) is 0. The van der Waals surface area contributed by atoms with E-state index in [1.807, 2.05) is 0 Å². The topological polar surface area (TPSA) is 98.3 Å². The second-order valence-electron chi connectivity index (χ2n) is 8.11. The SMILES string of the molecule is CC(C)=CCCC(C)=CCCC(C)=CCCC(C)=CCCC(=O)OCC(O)CO.O. The first-order chi connectivity index (χ1) is 13.7. The van der Waals surface area contributed by atoms with Crippen molar-refractivity contribution in [2.45, 2.75) is 92.1 Å². The van der Waals surface area contributed by atoms with Crippen LogP contribution in [-0.2, 0) is 9.53 Å². The second kappa shape index (κ2) is 19.3. The van der Waals surface area contributed by atoms with Gasteiger partial charge in [0, 0.05) is 6.42 Å². The van der Waals surface area contributed by atoms with Crippen molar-refractivity contribution in [3.63, 3.8) is 0 Å². The number of carbonyl (C=O) groups excluding carboxylic acids is 1. The van der Waals surface area contributed by atoms with Crippen LogP contribution in [0.4, 0.5) is 0 Å². The molecule has 0 rings (SSSR count). The van der Waals surface area contributed by atoms with E-state index in [2.05, 4.69) is 58.9 Å². The Hall–Kier alpha value is -1.69. The highest BCUT2D eigenvalue weighted by Gasteiger charge is 2.06. The molecule has 0 saturated heterocycles. The molecule has 0 aliphatic carbocycles. The van der Waals surface area contributed by atoms with E-state index in [0.29, 0.717) is 12.8 Å². The average Bonchev–Trinajstić information content (AvgIpc) is 2.65. The van der Waals surface area contributed by atoms with Crippen LogP contribution in [0.3, 0.4) is 0 Å². The lowest BCUT2D eigenvalue weighted by Crippen LogP contribution is -2.21. The molecule has 0 aromatic rings. The highest BCUT2D eigenvalue weighted by Crippen LogP contribution is 2.14. The summed E-state index contributed by atoms with van der Waals surface area (Å²) in [5.41, 5.74) is 5.56. The predicted octanol–water partition coefficient (Wildman–Crippen LogP) is 4.98. The molecule has 0 amide bonds. The van der Waals surface area contributed by atoms with Gasteiger partial charge in [-0.1, -0.05) is 46.6 Å². The third-order valence-corrected chi connectivity index (χ3v) is 4.64. The number of esters is 1. The minimum atomic E-state index is -0.992. The number of hydrogen-bond donors (Lipinski definition) is 2. The number of aliphatic hydroxyl groups excluding tert-OH is 2. The molecule has 174 valence electrons. The summed E-state index contributed by atoms with van der Waals surface area (Å²) in [4.78, 5) is 11.5. The molecule has 5 nitrogen and oxygen atoms in total. The zero-order chi connectivity index (χ0) is 22.1. The first kappa shape index (κ1) is 30.5. The Bertz CT molecular complexity index is 580. The van der Waals surface area contributed by atoms with Gasteiger partial charge in [-0.05, 0) is 79.6 Å². The van der Waals surface area contributed by atoms with Gasteiger partial charge < -0.3 is 20.4 Å². The molecule has 0 spiro atoms. The summed E-state index contributed by atoms with van der Waals surface area (Å²) in [7, 11) is 0. The van der Waals surface area contributed by atoms with E-state index in [4.69, 9.17) is 14.9 Å². The van der Waals surface area contributed by atoms with E-state index >= 15 is 0 Å². The number of carbonyl (C=O) groups is 1. The molecule has 0 aromatic heterocycles. The third kappa shape index (κ3) is 19.6. The predicted molar refractivity (Wildman–Crippen MR) is 125 cm³/mol. The van der Waals surface area contributed by atoms with Crippen LogP contribution >= 0.6 is 0 Å². The fraction of sp³-hybridized carbons (Fsp3) is 0.640. The van der Waals surface area contributed by atoms with Gasteiger partial charge in [0.2, 0.25) is 0 Å². The summed E-state index contributed by atoms with van der Waals surface area (Å²) in [6.07, 6.45) is 15.5. The van der Waals surface area contributed by atoms with Crippen LogP contribution < -0.4 is 0 Å². The largest absolute Gasteiger partial charge is 0.463 e. The molecule has 0 heterocycles. The van der Waals surface area contributed by atoms with Crippen molar-refractivity contribution in [1.82, 2.24) is 0 Å². The van der Waals surface area contributed by atoms with Crippen LogP contribution in [0.15, 0.2) is 46.6 Å². The van der Waals surface area contributed by atoms with Gasteiger partial charge >= 0.3 is 5.97 Å². The maximum absolute atomic E-state index is 11.5. The molecule has 4 N–H and O–H groups in total. The van der Waals surface area contributed by atoms with E-state index < -0.39 is 12.7 Å². The van der Waals surface area contributed by atoms with Crippen LogP contribution in [-0.4, -0.2) is 41.0 Å². The van der Waals surface area contributed by atoms with E-state index in [-0.39, 0.29) is 18.1 Å². The van der Waals surface area contributed by atoms with E-state index in [0.717, 1.165) is 38.5 Å². The van der Waals surface area contributed by atoms with Crippen molar-refractivity contribution in [2.75, 3.05) is 13.2 Å². The molecule has 0 aromatic carbocycles. The van der Waals surface area contributed by atoms with Crippen molar-refractivity contribution in [1.29, 1.82) is 0 Å². The van der Waals surface area contributed by atoms with Gasteiger partial charge in [-0.15, -0.1) is 0 Å². The Labute approximate surface area is 183 Å². The molecule has 0 radical (unpaired) electrons. The van der Waals surface area contributed by atoms with Crippen molar-refractivity contribution in [3.05, 3.63) is 46.6 Å². The fourth-order valence-corrected chi connectivity index (χ4v) is 2.74. The molecule has 0 aliphatic rings. The lowest BCUT2D eigenvalue weighted by Gasteiger charge is -2.07. The quantitative estimate of drug-likeness (QED) is 0.286. The van der Waals surface area contributed by atoms with E-state index in [9.17, 15) is 4.79 Å². The van der Waals surface area contributed by atoms with Crippen LogP contribution in [0.1, 0.15) is 86.0 Å². The number of ether oxygens (including phenoxy) is 1. The van der Waals surface area contributed by atoms with Gasteiger partial charge in [0.15, 0.2) is 0 Å². The molecule has 1 atom stereocenters. The molecule has 1 unspecified atom stereocenters. The Kier molecular flexibility index (Phi) is 19.6. The second-order valence-corrected chi connectivity index (χ2v) is 8.11. The Morgan fingerprint density at radius 3 is 1.57 bits per heavy atom. The Morgan fingerprint density at radius 2 is 1.17 bits per heavy atom. The summed E-state index contributed by atoms with van der Waals surface area (Å²) in [5, 5.41) is 17.8. The van der Waals surface area contributed by atoms with Gasteiger partial charge in [0.05, 0.1) is 6.61 Å². The molecular weight excluding hydrogens is 380 g/mol. The van der Waals surface area contributed by atoms with Crippen LogP contribution in [0.2, 0.25) is 0 Å². The average molecular weight is 425 g/mol. The Morgan fingerprint density at radius 1 is 0.767 bits per heavy atom. The van der Waals surface area contributed by atoms with Crippen molar-refractivity contribution >= 4 is 5.97 Å². The molecule has 0 bridgehead atoms. The Balaban J connectivity index is 0. The molecule has 0 saturated carbocycles. The lowest BCUT2D eigenvalue weighted by atomic mass is 10.0. The summed E-state index contributed by atoms with van der Waals surface area (Å²) >= 11 is 0. The number of allylic oxidation sites excluding steroid dienone is 8. The van der Waals surface area contributed by atoms with Crippen molar-refractivity contribution < 1.29 is 25.2 Å². The third-order valence-electron chi connectivity index (χ3n) is 4.64. The normalized spacial score (nSPS) is 13.5. The molecule has 5 heteroatoms. The van der Waals surface area contributed by atoms with Gasteiger partial charge in [-0.2, -0.15) is 0 Å². The maximum Gasteiger partial charge on any atom is 0.306 e. The van der Waals surface area contributed by atoms with Crippen molar-refractivity contribution in [2.24, 2.45) is 0 Å². The molecule has 30 heavy (non-hydrogen) atoms. The smallest absolute Gasteiger partial charge is 0.306 e. The van der Waals surface area contributed by atoms with Crippen LogP contribution in [0.5, 0.6) is 0 Å². The molecule has 0 fully saturated rings. The molecular formula is C25H44O5. The monoisotopic (exact) mass is 424 g/mol.